The Bertz CT molecular complexity index is 836. The quantitative estimate of drug-likeness (QED) is 0.672. The molecule has 3 heterocycles. The van der Waals surface area contributed by atoms with Gasteiger partial charge >= 0.3 is 0 Å². The van der Waals surface area contributed by atoms with Gasteiger partial charge in [0, 0.05) is 40.3 Å². The Morgan fingerprint density at radius 3 is 2.50 bits per heavy atom. The molecule has 1 aliphatic carbocycles. The minimum atomic E-state index is -0.00446. The number of carbonyl (C=O) groups excluding carboxylic acids is 2. The topological polar surface area (TPSA) is 62.3 Å². The molecule has 0 radical (unpaired) electrons. The minimum Gasteiger partial charge on any atom is -0.353 e. The third-order valence-corrected chi connectivity index (χ3v) is 8.31. The van der Waals surface area contributed by atoms with Crippen molar-refractivity contribution >= 4 is 50.4 Å². The van der Waals surface area contributed by atoms with Crippen LogP contribution in [0.25, 0.3) is 9.88 Å². The van der Waals surface area contributed by atoms with E-state index in [1.165, 1.54) is 30.6 Å². The molecule has 0 spiro atoms. The second kappa shape index (κ2) is 9.05. The summed E-state index contributed by atoms with van der Waals surface area (Å²) in [5.41, 5.74) is 0.522. The van der Waals surface area contributed by atoms with Crippen LogP contribution in [0.4, 0.5) is 0 Å². The Balaban J connectivity index is 1.29. The highest BCUT2D eigenvalue weighted by atomic mass is 79.9. The molecule has 1 N–H and O–H groups in total. The van der Waals surface area contributed by atoms with Gasteiger partial charge in [0.05, 0.1) is 4.88 Å². The third-order valence-electron chi connectivity index (χ3n) is 5.61. The number of aromatic nitrogens is 1. The Kier molecular flexibility index (Phi) is 6.48. The minimum absolute atomic E-state index is 0.00446. The molecule has 0 atom stereocenters. The van der Waals surface area contributed by atoms with E-state index in [0.717, 1.165) is 40.0 Å². The molecule has 0 unspecified atom stereocenters. The first-order valence-electron chi connectivity index (χ1n) is 9.90. The highest BCUT2D eigenvalue weighted by Crippen LogP contribution is 2.32. The molecule has 5 nitrogen and oxygen atoms in total. The van der Waals surface area contributed by atoms with Gasteiger partial charge in [-0.15, -0.1) is 22.7 Å². The number of halogens is 1. The lowest BCUT2D eigenvalue weighted by Gasteiger charge is -2.33. The van der Waals surface area contributed by atoms with Crippen molar-refractivity contribution in [3.8, 4) is 9.88 Å². The van der Waals surface area contributed by atoms with Gasteiger partial charge in [0.2, 0.25) is 5.91 Å². The molecule has 1 saturated heterocycles. The highest BCUT2D eigenvalue weighted by Gasteiger charge is 2.28. The lowest BCUT2D eigenvalue weighted by Crippen LogP contribution is -2.48. The Hall–Kier alpha value is -1.25. The summed E-state index contributed by atoms with van der Waals surface area (Å²) in [6.07, 6.45) is 7.28. The van der Waals surface area contributed by atoms with Crippen LogP contribution < -0.4 is 5.32 Å². The Morgan fingerprint density at radius 1 is 1.07 bits per heavy atom. The van der Waals surface area contributed by atoms with Gasteiger partial charge in [0.25, 0.3) is 5.91 Å². The lowest BCUT2D eigenvalue weighted by molar-refractivity contribution is -0.126. The SMILES string of the molecule is O=C(NC1CCN(C(=O)c2csc(-c3cc(Br)cs3)n2)CC1)C1CCCCC1. The zero-order chi connectivity index (χ0) is 19.5. The molecule has 4 rings (SSSR count). The van der Waals surface area contributed by atoms with Crippen molar-refractivity contribution in [3.63, 3.8) is 0 Å². The molecule has 0 aromatic carbocycles. The van der Waals surface area contributed by atoms with Gasteiger partial charge in [-0.3, -0.25) is 9.59 Å². The van der Waals surface area contributed by atoms with Gasteiger partial charge in [-0.25, -0.2) is 4.98 Å². The molecule has 2 amide bonds. The average Bonchev–Trinajstić information content (AvgIpc) is 3.38. The van der Waals surface area contributed by atoms with E-state index < -0.39 is 0 Å². The van der Waals surface area contributed by atoms with Gasteiger partial charge in [0.1, 0.15) is 10.7 Å². The summed E-state index contributed by atoms with van der Waals surface area (Å²) in [7, 11) is 0. The van der Waals surface area contributed by atoms with Gasteiger partial charge in [-0.05, 0) is 47.7 Å². The molecule has 2 aromatic rings. The second-order valence-corrected chi connectivity index (χ2v) is 10.3. The predicted molar refractivity (Wildman–Crippen MR) is 117 cm³/mol. The molecule has 0 bridgehead atoms. The number of nitrogens with one attached hydrogen (secondary N) is 1. The second-order valence-electron chi connectivity index (χ2n) is 7.58. The van der Waals surface area contributed by atoms with Crippen LogP contribution in [0.1, 0.15) is 55.4 Å². The number of rotatable bonds is 4. The van der Waals surface area contributed by atoms with Crippen molar-refractivity contribution in [1.29, 1.82) is 0 Å². The lowest BCUT2D eigenvalue weighted by atomic mass is 9.88. The first-order chi connectivity index (χ1) is 13.6. The summed E-state index contributed by atoms with van der Waals surface area (Å²) >= 11 is 6.58. The number of hydrogen-bond donors (Lipinski definition) is 1. The van der Waals surface area contributed by atoms with Crippen molar-refractivity contribution in [2.24, 2.45) is 5.92 Å². The first-order valence-corrected chi connectivity index (χ1v) is 12.4. The number of thiazole rings is 1. The van der Waals surface area contributed by atoms with E-state index in [9.17, 15) is 9.59 Å². The third kappa shape index (κ3) is 4.66. The van der Waals surface area contributed by atoms with Crippen LogP contribution in [0.15, 0.2) is 21.3 Å². The molecular formula is C20H24BrN3O2S2. The van der Waals surface area contributed by atoms with Gasteiger partial charge < -0.3 is 10.2 Å². The molecule has 8 heteroatoms. The van der Waals surface area contributed by atoms with E-state index in [1.807, 2.05) is 21.7 Å². The molecule has 1 saturated carbocycles. The predicted octanol–water partition coefficient (Wildman–Crippen LogP) is 4.94. The van der Waals surface area contributed by atoms with Crippen molar-refractivity contribution in [3.05, 3.63) is 27.0 Å². The highest BCUT2D eigenvalue weighted by molar-refractivity contribution is 9.10. The van der Waals surface area contributed by atoms with E-state index in [0.29, 0.717) is 18.8 Å². The Morgan fingerprint density at radius 2 is 1.82 bits per heavy atom. The van der Waals surface area contributed by atoms with E-state index in [4.69, 9.17) is 0 Å². The van der Waals surface area contributed by atoms with Gasteiger partial charge in [-0.1, -0.05) is 19.3 Å². The van der Waals surface area contributed by atoms with Crippen LogP contribution in [-0.2, 0) is 4.79 Å². The summed E-state index contributed by atoms with van der Waals surface area (Å²) in [5.74, 6) is 0.407. The summed E-state index contributed by atoms with van der Waals surface area (Å²) in [6, 6.07) is 2.21. The zero-order valence-electron chi connectivity index (χ0n) is 15.7. The standard InChI is InChI=1S/C20H24BrN3O2S2/c21-14-10-17(27-11-14)19-23-16(12-28-19)20(26)24-8-6-15(7-9-24)22-18(25)13-4-2-1-3-5-13/h10-13,15H,1-9H2,(H,22,25). The van der Waals surface area contributed by atoms with E-state index in [2.05, 4.69) is 26.2 Å². The van der Waals surface area contributed by atoms with Crippen LogP contribution in [0.5, 0.6) is 0 Å². The Labute approximate surface area is 181 Å². The summed E-state index contributed by atoms with van der Waals surface area (Å²) in [5, 5.41) is 7.97. The molecular weight excluding hydrogens is 458 g/mol. The summed E-state index contributed by atoms with van der Waals surface area (Å²) < 4.78 is 1.04. The average molecular weight is 482 g/mol. The maximum absolute atomic E-state index is 12.8. The monoisotopic (exact) mass is 481 g/mol. The van der Waals surface area contributed by atoms with E-state index in [-0.39, 0.29) is 23.8 Å². The number of hydrogen-bond acceptors (Lipinski definition) is 5. The number of piperidine rings is 1. The smallest absolute Gasteiger partial charge is 0.273 e. The fraction of sp³-hybridized carbons (Fsp3) is 0.550. The molecule has 28 heavy (non-hydrogen) atoms. The van der Waals surface area contributed by atoms with E-state index >= 15 is 0 Å². The largest absolute Gasteiger partial charge is 0.353 e. The zero-order valence-corrected chi connectivity index (χ0v) is 18.9. The molecule has 1 aliphatic heterocycles. The molecule has 2 aromatic heterocycles. The maximum atomic E-state index is 12.8. The summed E-state index contributed by atoms with van der Waals surface area (Å²) in [6.45, 7) is 1.34. The fourth-order valence-corrected chi connectivity index (χ4v) is 6.28. The van der Waals surface area contributed by atoms with Crippen LogP contribution >= 0.6 is 38.6 Å². The van der Waals surface area contributed by atoms with Crippen molar-refractivity contribution in [2.75, 3.05) is 13.1 Å². The van der Waals surface area contributed by atoms with E-state index in [1.54, 1.807) is 11.3 Å². The number of nitrogens with zero attached hydrogens (tertiary/aromatic N) is 2. The normalized spacial score (nSPS) is 19.0. The van der Waals surface area contributed by atoms with Gasteiger partial charge in [-0.2, -0.15) is 0 Å². The van der Waals surface area contributed by atoms with Gasteiger partial charge in [0.15, 0.2) is 0 Å². The number of carbonyl (C=O) groups is 2. The van der Waals surface area contributed by atoms with Crippen molar-refractivity contribution in [1.82, 2.24) is 15.2 Å². The van der Waals surface area contributed by atoms with Crippen molar-refractivity contribution in [2.45, 2.75) is 51.0 Å². The molecule has 2 aliphatic rings. The van der Waals surface area contributed by atoms with Crippen molar-refractivity contribution < 1.29 is 9.59 Å². The van der Waals surface area contributed by atoms with Crippen LogP contribution in [0.3, 0.4) is 0 Å². The van der Waals surface area contributed by atoms with Crippen LogP contribution in [0, 0.1) is 5.92 Å². The van der Waals surface area contributed by atoms with Crippen LogP contribution in [0.2, 0.25) is 0 Å². The number of amides is 2. The molecule has 150 valence electrons. The number of thiophene rings is 1. The fourth-order valence-electron chi connectivity index (χ4n) is 3.98. The number of likely N-dealkylation sites (tertiary alicyclic amines) is 1. The maximum Gasteiger partial charge on any atom is 0.273 e. The summed E-state index contributed by atoms with van der Waals surface area (Å²) in [4.78, 5) is 32.7. The molecule has 2 fully saturated rings. The van der Waals surface area contributed by atoms with Crippen LogP contribution in [-0.4, -0.2) is 40.8 Å². The first kappa shape index (κ1) is 20.0.